The van der Waals surface area contributed by atoms with Crippen molar-refractivity contribution in [3.8, 4) is 0 Å². The molecule has 0 spiro atoms. The van der Waals surface area contributed by atoms with E-state index >= 15 is 0 Å². The lowest BCUT2D eigenvalue weighted by atomic mass is 9.76. The Kier molecular flexibility index (Phi) is 6.86. The molecular weight excluding hydrogens is 322 g/mol. The van der Waals surface area contributed by atoms with Crippen molar-refractivity contribution in [2.24, 2.45) is 5.92 Å². The Labute approximate surface area is 151 Å². The van der Waals surface area contributed by atoms with Gasteiger partial charge in [-0.1, -0.05) is 0 Å². The minimum atomic E-state index is -0.493. The molecule has 2 rings (SSSR count). The van der Waals surface area contributed by atoms with Crippen LogP contribution in [0.5, 0.6) is 0 Å². The smallest absolute Gasteiger partial charge is 0.410 e. The van der Waals surface area contributed by atoms with Gasteiger partial charge in [-0.2, -0.15) is 0 Å². The van der Waals surface area contributed by atoms with E-state index in [0.29, 0.717) is 12.8 Å². The lowest BCUT2D eigenvalue weighted by Crippen LogP contribution is -2.56. The highest BCUT2D eigenvalue weighted by Crippen LogP contribution is 2.38. The van der Waals surface area contributed by atoms with E-state index < -0.39 is 5.60 Å². The third kappa shape index (κ3) is 5.42. The van der Waals surface area contributed by atoms with Crippen LogP contribution in [0.2, 0.25) is 0 Å². The summed E-state index contributed by atoms with van der Waals surface area (Å²) in [5, 5.41) is 0. The Bertz CT molecular complexity index is 455. The fourth-order valence-electron chi connectivity index (χ4n) is 4.05. The summed E-state index contributed by atoms with van der Waals surface area (Å²) in [6, 6.07) is 0.244. The van der Waals surface area contributed by atoms with Crippen LogP contribution in [0.4, 0.5) is 4.79 Å². The van der Waals surface area contributed by atoms with Gasteiger partial charge in [0.05, 0.1) is 0 Å². The van der Waals surface area contributed by atoms with Crippen molar-refractivity contribution >= 4 is 11.9 Å². The minimum Gasteiger partial charge on any atom is -0.444 e. The van der Waals surface area contributed by atoms with Gasteiger partial charge in [-0.15, -0.1) is 0 Å². The molecule has 25 heavy (non-hydrogen) atoms. The summed E-state index contributed by atoms with van der Waals surface area (Å²) in [6.45, 7) is 5.66. The van der Waals surface area contributed by atoms with Gasteiger partial charge in [0.15, 0.2) is 6.29 Å². The third-order valence-electron chi connectivity index (χ3n) is 5.19. The van der Waals surface area contributed by atoms with Crippen LogP contribution in [-0.4, -0.2) is 55.0 Å². The van der Waals surface area contributed by atoms with Crippen LogP contribution < -0.4 is 0 Å². The molecule has 0 aliphatic carbocycles. The molecule has 144 valence electrons. The number of ether oxygens (including phenoxy) is 3. The Morgan fingerprint density at radius 1 is 1.08 bits per heavy atom. The molecule has 2 aliphatic rings. The molecule has 2 saturated heterocycles. The van der Waals surface area contributed by atoms with Gasteiger partial charge in [-0.05, 0) is 52.9 Å². The van der Waals surface area contributed by atoms with Gasteiger partial charge in [0.1, 0.15) is 11.4 Å². The summed E-state index contributed by atoms with van der Waals surface area (Å²) < 4.78 is 15.9. The number of nitrogens with zero attached hydrogens (tertiary/aromatic N) is 1. The quantitative estimate of drug-likeness (QED) is 0.682. The topological polar surface area (TPSA) is 65.1 Å². The lowest BCUT2D eigenvalue weighted by molar-refractivity contribution is -0.133. The second-order valence-corrected chi connectivity index (χ2v) is 8.20. The summed E-state index contributed by atoms with van der Waals surface area (Å²) in [7, 11) is 3.17. The maximum Gasteiger partial charge on any atom is 0.410 e. The van der Waals surface area contributed by atoms with E-state index in [9.17, 15) is 9.59 Å². The van der Waals surface area contributed by atoms with Crippen molar-refractivity contribution in [3.63, 3.8) is 0 Å². The number of hydrogen-bond acceptors (Lipinski definition) is 5. The summed E-state index contributed by atoms with van der Waals surface area (Å²) in [6.07, 6.45) is 5.01. The molecule has 6 nitrogen and oxygen atoms in total. The minimum absolute atomic E-state index is 0.0309. The third-order valence-corrected chi connectivity index (χ3v) is 5.19. The molecule has 1 amide bonds. The number of hydrogen-bond donors (Lipinski definition) is 0. The van der Waals surface area contributed by atoms with Crippen LogP contribution in [0, 0.1) is 5.92 Å². The maximum absolute atomic E-state index is 12.6. The first-order valence-electron chi connectivity index (χ1n) is 9.34. The van der Waals surface area contributed by atoms with Crippen molar-refractivity contribution in [3.05, 3.63) is 0 Å². The first-order valence-corrected chi connectivity index (χ1v) is 9.34. The number of Topliss-reactive ketones (excluding diaryl/α,β-unsaturated/α-hetero) is 1. The van der Waals surface area contributed by atoms with Gasteiger partial charge >= 0.3 is 6.09 Å². The number of piperidine rings is 2. The van der Waals surface area contributed by atoms with Crippen molar-refractivity contribution in [2.45, 2.75) is 89.7 Å². The normalized spacial score (nSPS) is 26.6. The first kappa shape index (κ1) is 20.2. The Hall–Kier alpha value is -1.14. The van der Waals surface area contributed by atoms with Crippen molar-refractivity contribution < 1.29 is 23.8 Å². The number of ketones is 1. The zero-order valence-corrected chi connectivity index (χ0v) is 16.2. The van der Waals surface area contributed by atoms with Crippen LogP contribution in [0.1, 0.15) is 65.7 Å². The second kappa shape index (κ2) is 8.49. The Morgan fingerprint density at radius 2 is 1.64 bits per heavy atom. The number of carbonyl (C=O) groups excluding carboxylic acids is 2. The van der Waals surface area contributed by atoms with Crippen molar-refractivity contribution in [2.75, 3.05) is 14.2 Å². The summed E-state index contributed by atoms with van der Waals surface area (Å²) >= 11 is 0. The largest absolute Gasteiger partial charge is 0.444 e. The van der Waals surface area contributed by atoms with Gasteiger partial charge in [0.2, 0.25) is 0 Å². The lowest BCUT2D eigenvalue weighted by Gasteiger charge is -2.48. The number of methoxy groups -OCH3 is 2. The van der Waals surface area contributed by atoms with Gasteiger partial charge in [0, 0.05) is 45.1 Å². The molecule has 2 atom stereocenters. The van der Waals surface area contributed by atoms with E-state index in [0.717, 1.165) is 32.1 Å². The molecule has 0 aromatic heterocycles. The van der Waals surface area contributed by atoms with Gasteiger partial charge in [0.25, 0.3) is 0 Å². The summed E-state index contributed by atoms with van der Waals surface area (Å²) in [4.78, 5) is 27.1. The molecular formula is C19H33NO5. The standard InChI is InChI=1S/C19H33NO5/c1-19(2,3)25-18(22)20-14-7-6-8-15(20)12-13(11-14)16(21)9-10-17(23-4)24-5/h13-15,17H,6-12H2,1-5H3. The number of fused-ring (bicyclic) bond motifs is 2. The average Bonchev–Trinajstić information content (AvgIpc) is 2.52. The number of rotatable bonds is 6. The molecule has 6 heteroatoms. The summed E-state index contributed by atoms with van der Waals surface area (Å²) in [5.41, 5.74) is -0.493. The van der Waals surface area contributed by atoms with E-state index in [2.05, 4.69) is 0 Å². The number of amides is 1. The molecule has 2 fully saturated rings. The van der Waals surface area contributed by atoms with Crippen LogP contribution >= 0.6 is 0 Å². The molecule has 2 unspecified atom stereocenters. The van der Waals surface area contributed by atoms with E-state index in [4.69, 9.17) is 14.2 Å². The van der Waals surface area contributed by atoms with Crippen molar-refractivity contribution in [1.82, 2.24) is 4.90 Å². The Morgan fingerprint density at radius 3 is 2.12 bits per heavy atom. The fraction of sp³-hybridized carbons (Fsp3) is 0.895. The highest BCUT2D eigenvalue weighted by Gasteiger charge is 2.44. The Balaban J connectivity index is 1.96. The molecule has 2 aliphatic heterocycles. The SMILES string of the molecule is COC(CCC(=O)C1CC2CCCC(C1)N2C(=O)OC(C)(C)C)OC. The van der Waals surface area contributed by atoms with E-state index in [1.807, 2.05) is 25.7 Å². The summed E-state index contributed by atoms with van der Waals surface area (Å²) in [5.74, 6) is 0.295. The van der Waals surface area contributed by atoms with E-state index in [1.165, 1.54) is 0 Å². The highest BCUT2D eigenvalue weighted by atomic mass is 16.7. The molecule has 0 saturated carbocycles. The molecule has 2 heterocycles. The molecule has 0 aromatic rings. The van der Waals surface area contributed by atoms with Gasteiger partial charge in [-0.3, -0.25) is 4.79 Å². The monoisotopic (exact) mass is 355 g/mol. The highest BCUT2D eigenvalue weighted by molar-refractivity contribution is 5.81. The fourth-order valence-corrected chi connectivity index (χ4v) is 4.05. The molecule has 2 bridgehead atoms. The zero-order chi connectivity index (χ0) is 18.6. The van der Waals surface area contributed by atoms with E-state index in [-0.39, 0.29) is 36.2 Å². The average molecular weight is 355 g/mol. The van der Waals surface area contributed by atoms with Crippen molar-refractivity contribution in [1.29, 1.82) is 0 Å². The van der Waals surface area contributed by atoms with E-state index in [1.54, 1.807) is 14.2 Å². The number of carbonyl (C=O) groups is 2. The van der Waals surface area contributed by atoms with Crippen LogP contribution in [0.25, 0.3) is 0 Å². The molecule has 0 radical (unpaired) electrons. The second-order valence-electron chi connectivity index (χ2n) is 8.20. The van der Waals surface area contributed by atoms with Gasteiger partial charge in [-0.25, -0.2) is 4.79 Å². The zero-order valence-electron chi connectivity index (χ0n) is 16.2. The first-order chi connectivity index (χ1) is 11.7. The van der Waals surface area contributed by atoms with Gasteiger partial charge < -0.3 is 19.1 Å². The molecule has 0 aromatic carbocycles. The van der Waals surface area contributed by atoms with Crippen LogP contribution in [0.15, 0.2) is 0 Å². The predicted octanol–water partition coefficient (Wildman–Crippen LogP) is 3.52. The van der Waals surface area contributed by atoms with Crippen LogP contribution in [-0.2, 0) is 19.0 Å². The predicted molar refractivity (Wildman–Crippen MR) is 94.3 cm³/mol. The maximum atomic E-state index is 12.6. The van der Waals surface area contributed by atoms with Crippen LogP contribution in [0.3, 0.4) is 0 Å². The molecule has 0 N–H and O–H groups in total.